The Morgan fingerprint density at radius 3 is 2.59 bits per heavy atom. The maximum absolute atomic E-state index is 8.19. The molecule has 0 aliphatic carbocycles. The third-order valence-corrected chi connectivity index (χ3v) is 6.47. The second-order valence-electron chi connectivity index (χ2n) is 7.44. The van der Waals surface area contributed by atoms with Crippen molar-refractivity contribution in [2.75, 3.05) is 0 Å². The van der Waals surface area contributed by atoms with E-state index in [1.807, 2.05) is 60.7 Å². The number of hydrogen-bond acceptors (Lipinski definition) is 3. The van der Waals surface area contributed by atoms with Crippen molar-refractivity contribution in [2.45, 2.75) is 13.8 Å². The summed E-state index contributed by atoms with van der Waals surface area (Å²) in [5.74, 6) is 0. The topological polar surface area (TPSA) is 25.8 Å². The average Bonchev–Trinajstić information content (AvgIpc) is 3.30. The minimum Gasteiger partial charge on any atom is -0.305 e. The van der Waals surface area contributed by atoms with Gasteiger partial charge in [-0.2, -0.15) is 11.3 Å². The summed E-state index contributed by atoms with van der Waals surface area (Å²) >= 11 is 1.67. The van der Waals surface area contributed by atoms with Crippen LogP contribution >= 0.6 is 11.3 Å². The van der Waals surface area contributed by atoms with Crippen molar-refractivity contribution < 1.29 is 27.0 Å². The smallest absolute Gasteiger partial charge is 0.0618 e. The van der Waals surface area contributed by atoms with E-state index in [-0.39, 0.29) is 43.4 Å². The quantitative estimate of drug-likeness (QED) is 0.179. The van der Waals surface area contributed by atoms with Crippen molar-refractivity contribution in [2.24, 2.45) is 0 Å². The van der Waals surface area contributed by atoms with E-state index in [9.17, 15) is 0 Å². The summed E-state index contributed by atoms with van der Waals surface area (Å²) in [5.41, 5.74) is 3.89. The fourth-order valence-corrected chi connectivity index (χ4v) is 4.74. The van der Waals surface area contributed by atoms with Crippen LogP contribution in [0.25, 0.3) is 42.7 Å². The molecular formula is C30H22IrN2S-2. The van der Waals surface area contributed by atoms with E-state index in [4.69, 9.17) is 6.85 Å². The third-order valence-electron chi connectivity index (χ3n) is 5.17. The monoisotopic (exact) mass is 640 g/mol. The molecule has 0 unspecified atom stereocenters. The van der Waals surface area contributed by atoms with Gasteiger partial charge in [0, 0.05) is 41.3 Å². The van der Waals surface area contributed by atoms with E-state index >= 15 is 0 Å². The molecule has 6 rings (SSSR count). The molecule has 0 amide bonds. The Kier molecular flexibility index (Phi) is 5.80. The van der Waals surface area contributed by atoms with Crippen molar-refractivity contribution >= 4 is 31.5 Å². The minimum atomic E-state index is -2.45. The van der Waals surface area contributed by atoms with Crippen LogP contribution in [0, 0.1) is 25.9 Å². The third kappa shape index (κ3) is 5.15. The summed E-state index contributed by atoms with van der Waals surface area (Å²) in [6.07, 6.45) is 2.96. The average molecular weight is 640 g/mol. The molecule has 0 fully saturated rings. The molecule has 0 saturated carbocycles. The zero-order valence-electron chi connectivity index (χ0n) is 23.2. The number of fused-ring (bicyclic) bond motifs is 3. The van der Waals surface area contributed by atoms with Gasteiger partial charge in [0.15, 0.2) is 0 Å². The maximum atomic E-state index is 8.19. The van der Waals surface area contributed by atoms with Gasteiger partial charge in [-0.15, -0.1) is 59.7 Å². The number of aryl methyl sites for hydroxylation is 2. The molecule has 0 aliphatic heterocycles. The summed E-state index contributed by atoms with van der Waals surface area (Å²) in [7, 11) is 0. The van der Waals surface area contributed by atoms with Crippen molar-refractivity contribution in [1.29, 1.82) is 0 Å². The van der Waals surface area contributed by atoms with E-state index in [0.717, 1.165) is 21.3 Å². The number of pyridine rings is 2. The van der Waals surface area contributed by atoms with Crippen LogP contribution in [-0.2, 0) is 20.1 Å². The fraction of sp³-hybridized carbons (Fsp3) is 0.0667. The van der Waals surface area contributed by atoms with Crippen LogP contribution in [0.5, 0.6) is 0 Å². The number of nitrogens with zero attached hydrogens (tertiary/aromatic N) is 2. The Bertz CT molecular complexity index is 1700. The molecule has 3 heterocycles. The Morgan fingerprint density at radius 2 is 1.79 bits per heavy atom. The van der Waals surface area contributed by atoms with Gasteiger partial charge in [-0.1, -0.05) is 47.8 Å². The Balaban J connectivity index is 0.000000228. The summed E-state index contributed by atoms with van der Waals surface area (Å²) in [6.45, 7) is -0.374. The van der Waals surface area contributed by atoms with E-state index in [0.29, 0.717) is 5.56 Å². The van der Waals surface area contributed by atoms with E-state index < -0.39 is 6.85 Å². The van der Waals surface area contributed by atoms with Gasteiger partial charge in [0.25, 0.3) is 0 Å². The molecule has 0 atom stereocenters. The SMILES string of the molecule is [2H]c1c(C([2H])([2H])[2H])cnc(-c2[c-]cc3c(c2)sc2c(C)cccc23)c1[2H].[Ir].[c-]1ccccc1-c1ccccn1. The van der Waals surface area contributed by atoms with Gasteiger partial charge in [0.05, 0.1) is 2.74 Å². The number of benzene rings is 3. The van der Waals surface area contributed by atoms with Crippen molar-refractivity contribution in [3.8, 4) is 22.5 Å². The Labute approximate surface area is 224 Å². The van der Waals surface area contributed by atoms with Crippen LogP contribution in [0.4, 0.5) is 0 Å². The van der Waals surface area contributed by atoms with Crippen molar-refractivity contribution in [1.82, 2.24) is 9.97 Å². The number of rotatable bonds is 2. The molecule has 4 heteroatoms. The summed E-state index contributed by atoms with van der Waals surface area (Å²) in [5, 5.41) is 2.26. The minimum absolute atomic E-state index is 0. The van der Waals surface area contributed by atoms with Gasteiger partial charge in [-0.05, 0) is 52.4 Å². The van der Waals surface area contributed by atoms with Gasteiger partial charge in [0.2, 0.25) is 0 Å². The first-order valence-corrected chi connectivity index (χ1v) is 11.2. The first-order chi connectivity index (χ1) is 18.2. The van der Waals surface area contributed by atoms with Gasteiger partial charge in [-0.3, -0.25) is 0 Å². The second kappa shape index (κ2) is 10.8. The zero-order chi connectivity index (χ0) is 26.9. The second-order valence-corrected chi connectivity index (χ2v) is 8.49. The zero-order valence-corrected chi connectivity index (χ0v) is 21.4. The molecule has 0 spiro atoms. The fourth-order valence-electron chi connectivity index (χ4n) is 3.54. The Morgan fingerprint density at radius 1 is 0.882 bits per heavy atom. The van der Waals surface area contributed by atoms with Gasteiger partial charge in [0.1, 0.15) is 0 Å². The van der Waals surface area contributed by atoms with Crippen molar-refractivity contribution in [3.63, 3.8) is 0 Å². The van der Waals surface area contributed by atoms with Crippen LogP contribution in [0.1, 0.15) is 18.0 Å². The summed E-state index contributed by atoms with van der Waals surface area (Å²) in [6, 6.07) is 29.4. The number of hydrogen-bond donors (Lipinski definition) is 0. The van der Waals surface area contributed by atoms with Crippen LogP contribution in [0.2, 0.25) is 0 Å². The maximum Gasteiger partial charge on any atom is 0.0618 e. The molecule has 34 heavy (non-hydrogen) atoms. The van der Waals surface area contributed by atoms with E-state index in [1.165, 1.54) is 21.8 Å². The van der Waals surface area contributed by atoms with E-state index in [1.54, 1.807) is 17.5 Å². The standard InChI is InChI=1S/C19H14NS.C11H8N.Ir/c1-12-6-9-17(20-11-12)14-7-8-15-16-5-3-4-13(2)19(16)21-18(15)10-14;1-2-6-10(7-3-1)11-8-4-5-9-12-11;/h3-6,8-11H,1-2H3;1-6,8-9H;/q2*-1;/i1D3,6D,9D;;. The molecular weight excluding hydrogens is 613 g/mol. The predicted molar refractivity (Wildman–Crippen MR) is 139 cm³/mol. The Hall–Kier alpha value is -3.17. The molecule has 0 bridgehead atoms. The van der Waals surface area contributed by atoms with Crippen LogP contribution < -0.4 is 0 Å². The molecule has 6 aromatic rings. The normalized spacial score (nSPS) is 12.9. The summed E-state index contributed by atoms with van der Waals surface area (Å²) < 4.78 is 40.9. The van der Waals surface area contributed by atoms with Crippen molar-refractivity contribution in [3.05, 3.63) is 121 Å². The molecule has 3 aromatic carbocycles. The molecule has 1 radical (unpaired) electrons. The molecule has 0 saturated heterocycles. The van der Waals surface area contributed by atoms with Gasteiger partial charge in [-0.25, -0.2) is 0 Å². The molecule has 2 nitrogen and oxygen atoms in total. The van der Waals surface area contributed by atoms with Gasteiger partial charge < -0.3 is 9.97 Å². The summed E-state index contributed by atoms with van der Waals surface area (Å²) in [4.78, 5) is 8.38. The predicted octanol–water partition coefficient (Wildman–Crippen LogP) is 8.08. The largest absolute Gasteiger partial charge is 0.305 e. The first-order valence-electron chi connectivity index (χ1n) is 12.9. The van der Waals surface area contributed by atoms with E-state index in [2.05, 4.69) is 41.2 Å². The van der Waals surface area contributed by atoms with Gasteiger partial charge >= 0.3 is 0 Å². The molecule has 0 aliphatic rings. The van der Waals surface area contributed by atoms with Crippen LogP contribution in [-0.4, -0.2) is 9.97 Å². The number of thiophene rings is 1. The molecule has 169 valence electrons. The van der Waals surface area contributed by atoms with Crippen LogP contribution in [0.3, 0.4) is 0 Å². The first kappa shape index (κ1) is 18.2. The molecule has 0 N–H and O–H groups in total. The van der Waals surface area contributed by atoms with Crippen LogP contribution in [0.15, 0.2) is 97.3 Å². The molecule has 3 aromatic heterocycles. The number of aromatic nitrogens is 2.